The van der Waals surface area contributed by atoms with E-state index in [1.165, 1.54) is 38.6 Å². The summed E-state index contributed by atoms with van der Waals surface area (Å²) in [6.07, 6.45) is 3.90. The molecule has 0 N–H and O–H groups in total. The average Bonchev–Trinajstić information content (AvgIpc) is 3.83. The van der Waals surface area contributed by atoms with Gasteiger partial charge in [0, 0.05) is 34.3 Å². The second-order valence-corrected chi connectivity index (χ2v) is 15.4. The summed E-state index contributed by atoms with van der Waals surface area (Å²) in [7, 11) is 0. The number of hydrogen-bond donors (Lipinski definition) is 0. The molecular formula is C55H35N5. The van der Waals surface area contributed by atoms with E-state index in [1.54, 1.807) is 0 Å². The zero-order valence-corrected chi connectivity index (χ0v) is 32.4. The highest BCUT2D eigenvalue weighted by molar-refractivity contribution is 6.11. The van der Waals surface area contributed by atoms with Crippen LogP contribution in [0.2, 0.25) is 0 Å². The van der Waals surface area contributed by atoms with Crippen molar-refractivity contribution >= 4 is 32.6 Å². The molecule has 0 fully saturated rings. The molecule has 12 rings (SSSR count). The first-order valence-corrected chi connectivity index (χ1v) is 20.3. The van der Waals surface area contributed by atoms with Crippen LogP contribution in [0.4, 0.5) is 0 Å². The Bertz CT molecular complexity index is 3320. The van der Waals surface area contributed by atoms with Crippen LogP contribution in [0.25, 0.3) is 83.6 Å². The molecule has 1 unspecified atom stereocenters. The van der Waals surface area contributed by atoms with E-state index >= 15 is 0 Å². The van der Waals surface area contributed by atoms with Crippen LogP contribution in [-0.4, -0.2) is 24.5 Å². The van der Waals surface area contributed by atoms with Crippen molar-refractivity contribution in [2.45, 2.75) is 5.41 Å². The third-order valence-electron chi connectivity index (χ3n) is 12.2. The Labute approximate surface area is 347 Å². The van der Waals surface area contributed by atoms with Gasteiger partial charge in [0.2, 0.25) is 5.95 Å². The first-order valence-electron chi connectivity index (χ1n) is 20.3. The van der Waals surface area contributed by atoms with Crippen LogP contribution >= 0.6 is 0 Å². The van der Waals surface area contributed by atoms with Gasteiger partial charge in [-0.25, -0.2) is 4.98 Å². The van der Waals surface area contributed by atoms with Crippen molar-refractivity contribution in [2.24, 2.45) is 0 Å². The summed E-state index contributed by atoms with van der Waals surface area (Å²) >= 11 is 0. The predicted octanol–water partition coefficient (Wildman–Crippen LogP) is 12.9. The Morgan fingerprint density at radius 3 is 1.73 bits per heavy atom. The quantitative estimate of drug-likeness (QED) is 0.169. The molecule has 0 saturated carbocycles. The highest BCUT2D eigenvalue weighted by atomic mass is 15.2. The molecule has 1 aliphatic rings. The van der Waals surface area contributed by atoms with Crippen molar-refractivity contribution < 1.29 is 0 Å². The van der Waals surface area contributed by atoms with Crippen LogP contribution in [0.3, 0.4) is 0 Å². The number of pyridine rings is 1. The van der Waals surface area contributed by atoms with Gasteiger partial charge in [0.05, 0.1) is 16.4 Å². The second-order valence-electron chi connectivity index (χ2n) is 15.4. The van der Waals surface area contributed by atoms with Crippen LogP contribution < -0.4 is 0 Å². The van der Waals surface area contributed by atoms with E-state index in [0.717, 1.165) is 49.6 Å². The monoisotopic (exact) mass is 765 g/mol. The fraction of sp³-hybridized carbons (Fsp3) is 0.0182. The molecule has 3 aromatic heterocycles. The smallest absolute Gasteiger partial charge is 0.238 e. The van der Waals surface area contributed by atoms with Gasteiger partial charge < -0.3 is 0 Å². The van der Waals surface area contributed by atoms with Crippen LogP contribution in [0, 0.1) is 0 Å². The highest BCUT2D eigenvalue weighted by Gasteiger charge is 2.47. The van der Waals surface area contributed by atoms with E-state index in [2.05, 4.69) is 149 Å². The Morgan fingerprint density at radius 1 is 0.400 bits per heavy atom. The topological polar surface area (TPSA) is 56.5 Å². The van der Waals surface area contributed by atoms with Crippen LogP contribution in [0.15, 0.2) is 213 Å². The first-order chi connectivity index (χ1) is 29.8. The first kappa shape index (κ1) is 34.1. The zero-order valence-electron chi connectivity index (χ0n) is 32.4. The molecule has 0 aliphatic heterocycles. The number of aromatic nitrogens is 5. The summed E-state index contributed by atoms with van der Waals surface area (Å²) < 4.78 is 2.18. The third-order valence-corrected chi connectivity index (χ3v) is 12.2. The minimum absolute atomic E-state index is 0.540. The van der Waals surface area contributed by atoms with Crippen molar-refractivity contribution in [2.75, 3.05) is 0 Å². The molecule has 5 heteroatoms. The Balaban J connectivity index is 1.08. The van der Waals surface area contributed by atoms with Gasteiger partial charge in [0.25, 0.3) is 0 Å². The summed E-state index contributed by atoms with van der Waals surface area (Å²) in [5.74, 6) is 1.84. The van der Waals surface area contributed by atoms with Gasteiger partial charge in [-0.05, 0) is 85.6 Å². The molecule has 0 radical (unpaired) electrons. The number of nitrogens with zero attached hydrogens (tertiary/aromatic N) is 5. The van der Waals surface area contributed by atoms with Crippen molar-refractivity contribution in [1.29, 1.82) is 0 Å². The van der Waals surface area contributed by atoms with Gasteiger partial charge in [-0.3, -0.25) is 9.55 Å². The summed E-state index contributed by atoms with van der Waals surface area (Å²) in [6.45, 7) is 0. The fourth-order valence-electron chi connectivity index (χ4n) is 9.60. The molecule has 8 aromatic carbocycles. The molecule has 1 aliphatic carbocycles. The lowest BCUT2D eigenvalue weighted by Gasteiger charge is -2.33. The maximum atomic E-state index is 5.14. The molecule has 0 spiro atoms. The Kier molecular flexibility index (Phi) is 7.69. The van der Waals surface area contributed by atoms with Crippen molar-refractivity contribution in [3.05, 3.63) is 235 Å². The average molecular weight is 766 g/mol. The summed E-state index contributed by atoms with van der Waals surface area (Å²) in [4.78, 5) is 19.9. The van der Waals surface area contributed by atoms with E-state index < -0.39 is 5.41 Å². The minimum Gasteiger partial charge on any atom is -0.278 e. The largest absolute Gasteiger partial charge is 0.278 e. The SMILES string of the molecule is c1ccc(-c2nc(-c3ccccc3)nc(-n3c4ccccc4c4cc(-c5ccc6c(c5)-c5c(ccc7ccccc57)C6(c5ccccc5)c5cccnc5)ccc43)n2)cc1. The predicted molar refractivity (Wildman–Crippen MR) is 243 cm³/mol. The van der Waals surface area contributed by atoms with E-state index in [-0.39, 0.29) is 0 Å². The minimum atomic E-state index is -0.540. The lowest BCUT2D eigenvalue weighted by Crippen LogP contribution is -2.28. The summed E-state index contributed by atoms with van der Waals surface area (Å²) in [5.41, 5.74) is 13.1. The Hall–Kier alpha value is -8.02. The molecular weight excluding hydrogens is 731 g/mol. The number of para-hydroxylation sites is 1. The van der Waals surface area contributed by atoms with Crippen molar-refractivity contribution in [3.8, 4) is 51.0 Å². The number of fused-ring (bicyclic) bond motifs is 8. The molecule has 11 aromatic rings. The molecule has 0 bridgehead atoms. The lowest BCUT2D eigenvalue weighted by atomic mass is 9.68. The molecule has 5 nitrogen and oxygen atoms in total. The number of benzene rings is 8. The van der Waals surface area contributed by atoms with Crippen molar-refractivity contribution in [1.82, 2.24) is 24.5 Å². The fourth-order valence-corrected chi connectivity index (χ4v) is 9.60. The van der Waals surface area contributed by atoms with Gasteiger partial charge in [0.15, 0.2) is 11.6 Å². The van der Waals surface area contributed by atoms with Crippen LogP contribution in [0.1, 0.15) is 22.3 Å². The standard InChI is InChI=1S/C55H35N5/c1-4-16-37(17-5-1)52-57-53(38-18-6-2-7-19-38)59-54(58-52)60-49-25-13-12-24-44(49)45-33-40(28-31-50(45)60)39-27-29-47-46(34-39)51-43-23-11-10-15-36(43)26-30-48(51)55(47,41-20-8-3-9-21-41)42-22-14-32-56-35-42/h1-35H. The van der Waals surface area contributed by atoms with E-state index in [9.17, 15) is 0 Å². The maximum Gasteiger partial charge on any atom is 0.238 e. The molecule has 60 heavy (non-hydrogen) atoms. The molecule has 280 valence electrons. The van der Waals surface area contributed by atoms with E-state index in [4.69, 9.17) is 15.0 Å². The number of rotatable bonds is 6. The third kappa shape index (κ3) is 5.12. The van der Waals surface area contributed by atoms with Crippen molar-refractivity contribution in [3.63, 3.8) is 0 Å². The van der Waals surface area contributed by atoms with Gasteiger partial charge in [-0.1, -0.05) is 170 Å². The second kappa shape index (κ2) is 13.5. The Morgan fingerprint density at radius 2 is 1.00 bits per heavy atom. The van der Waals surface area contributed by atoms with Gasteiger partial charge >= 0.3 is 0 Å². The van der Waals surface area contributed by atoms with Gasteiger partial charge in [0.1, 0.15) is 0 Å². The van der Waals surface area contributed by atoms with Crippen LogP contribution in [0.5, 0.6) is 0 Å². The van der Waals surface area contributed by atoms with Crippen LogP contribution in [-0.2, 0) is 5.41 Å². The highest BCUT2D eigenvalue weighted by Crippen LogP contribution is 2.58. The normalized spacial score (nSPS) is 14.4. The van der Waals surface area contributed by atoms with E-state index in [1.807, 2.05) is 73.1 Å². The molecule has 3 heterocycles. The molecule has 0 saturated heterocycles. The van der Waals surface area contributed by atoms with Gasteiger partial charge in [-0.2, -0.15) is 9.97 Å². The number of hydrogen-bond acceptors (Lipinski definition) is 4. The maximum absolute atomic E-state index is 5.14. The zero-order chi connectivity index (χ0) is 39.6. The summed E-state index contributed by atoms with van der Waals surface area (Å²) in [5, 5.41) is 4.73. The summed E-state index contributed by atoms with van der Waals surface area (Å²) in [6, 6.07) is 71.2. The van der Waals surface area contributed by atoms with E-state index in [0.29, 0.717) is 17.6 Å². The molecule has 1 atom stereocenters. The lowest BCUT2D eigenvalue weighted by molar-refractivity contribution is 0.763. The molecule has 0 amide bonds. The van der Waals surface area contributed by atoms with Gasteiger partial charge in [-0.15, -0.1) is 0 Å².